The summed E-state index contributed by atoms with van der Waals surface area (Å²) >= 11 is 0. The first-order valence-electron chi connectivity index (χ1n) is 1.00. The van der Waals surface area contributed by atoms with E-state index in [2.05, 4.69) is 7.44 Å². The number of rotatable bonds is 0. The maximum absolute atomic E-state index is 2.14. The van der Waals surface area contributed by atoms with Crippen molar-refractivity contribution >= 4 is 62.6 Å². The molecule has 0 fully saturated rings. The van der Waals surface area contributed by atoms with Gasteiger partial charge in [0.1, 0.15) is 0 Å². The first-order valence-corrected chi connectivity index (χ1v) is 3.00. The Morgan fingerprint density at radius 2 is 1.20 bits per heavy atom. The van der Waals surface area contributed by atoms with Crippen LogP contribution in [-0.2, 0) is 19.5 Å². The first kappa shape index (κ1) is 26.3. The van der Waals surface area contributed by atoms with Crippen LogP contribution in [0.5, 0.6) is 0 Å². The van der Waals surface area contributed by atoms with E-state index >= 15 is 0 Å². The van der Waals surface area contributed by atoms with Gasteiger partial charge in [-0.2, -0.15) is 0 Å². The van der Waals surface area contributed by atoms with Crippen LogP contribution in [0, 0.1) is 0 Å². The molecule has 0 spiro atoms. The summed E-state index contributed by atoms with van der Waals surface area (Å²) in [6, 6.07) is 0. The second-order valence-corrected chi connectivity index (χ2v) is 0. The van der Waals surface area contributed by atoms with Crippen LogP contribution in [0.4, 0.5) is 0 Å². The molecule has 0 aliphatic rings. The van der Waals surface area contributed by atoms with Crippen LogP contribution in [0.3, 0.4) is 0 Å². The van der Waals surface area contributed by atoms with Gasteiger partial charge in [-0.05, 0) is 10.1 Å². The van der Waals surface area contributed by atoms with Gasteiger partial charge in [-0.1, -0.05) is 0 Å². The molecular formula is H9BBiLiSiZn. The van der Waals surface area contributed by atoms with Crippen molar-refractivity contribution in [3.63, 3.8) is 0 Å². The SMILES string of the molecule is B[SiH3].[BiH3].[LiH].[Zn]. The molecule has 0 saturated carbocycles. The van der Waals surface area contributed by atoms with Crippen molar-refractivity contribution < 1.29 is 19.5 Å². The maximum atomic E-state index is 2.14. The van der Waals surface area contributed by atoms with Crippen LogP contribution < -0.4 is 0 Å². The van der Waals surface area contributed by atoms with Crippen LogP contribution in [0.1, 0.15) is 0 Å². The smallest absolute Gasteiger partial charge is 0 e. The summed E-state index contributed by atoms with van der Waals surface area (Å²) in [5, 5.41) is 0. The first-order chi connectivity index (χ1) is 1.00. The van der Waals surface area contributed by atoms with E-state index in [1.54, 1.807) is 0 Å². The molecule has 0 unspecified atom stereocenters. The van der Waals surface area contributed by atoms with Crippen LogP contribution in [0.2, 0.25) is 0 Å². The molecule has 0 amide bonds. The Balaban J connectivity index is -0.00000000167. The van der Waals surface area contributed by atoms with Gasteiger partial charge in [-0.3, -0.25) is 0 Å². The van der Waals surface area contributed by atoms with E-state index in [1.165, 1.54) is 10.1 Å². The van der Waals surface area contributed by atoms with Gasteiger partial charge in [0.05, 0.1) is 7.44 Å². The molecule has 0 aliphatic heterocycles. The number of hydrogen-bond donors (Lipinski definition) is 0. The third-order valence-electron chi connectivity index (χ3n) is 0. The van der Waals surface area contributed by atoms with Crippen molar-refractivity contribution in [2.75, 3.05) is 0 Å². The van der Waals surface area contributed by atoms with Gasteiger partial charge in [0, 0.05) is 19.5 Å². The Hall–Kier alpha value is 2.39. The van der Waals surface area contributed by atoms with E-state index in [0.717, 1.165) is 0 Å². The van der Waals surface area contributed by atoms with Crippen molar-refractivity contribution in [2.24, 2.45) is 0 Å². The fourth-order valence-electron chi connectivity index (χ4n) is 0. The van der Waals surface area contributed by atoms with Gasteiger partial charge in [-0.15, -0.1) is 0 Å². The largest absolute Gasteiger partial charge is 0 e. The summed E-state index contributed by atoms with van der Waals surface area (Å²) in [5.41, 5.74) is 0. The van der Waals surface area contributed by atoms with Crippen molar-refractivity contribution in [3.05, 3.63) is 0 Å². The topological polar surface area (TPSA) is 0 Å². The minimum Gasteiger partial charge on any atom is 0 e. The third kappa shape index (κ3) is 21.6. The minimum absolute atomic E-state index is 0. The van der Waals surface area contributed by atoms with Crippen molar-refractivity contribution in [1.29, 1.82) is 0 Å². The van der Waals surface area contributed by atoms with E-state index in [-0.39, 0.29) is 64.5 Å². The molecular weight excluding hydrogens is 320 g/mol. The Morgan fingerprint density at radius 1 is 1.20 bits per heavy atom. The molecule has 0 rings (SSSR count). The van der Waals surface area contributed by atoms with Gasteiger partial charge < -0.3 is 0 Å². The van der Waals surface area contributed by atoms with Crippen molar-refractivity contribution in [3.8, 4) is 0 Å². The molecule has 5 heavy (non-hydrogen) atoms. The average molecular weight is 329 g/mol. The molecule has 0 aromatic heterocycles. The summed E-state index contributed by atoms with van der Waals surface area (Å²) in [4.78, 5) is 0. The molecule has 0 bridgehead atoms. The van der Waals surface area contributed by atoms with Crippen molar-refractivity contribution in [2.45, 2.75) is 0 Å². The van der Waals surface area contributed by atoms with Crippen LogP contribution in [0.25, 0.3) is 0 Å². The van der Waals surface area contributed by atoms with Crippen LogP contribution >= 0.6 is 0 Å². The molecule has 0 aliphatic carbocycles. The zero-order valence-electron chi connectivity index (χ0n) is 3.41. The normalized spacial score (nSPS) is 1.60. The standard InChI is InChI=1S/BH5Si.Bi.Li.Zn.4H/c1-2;;;;;;;/h1H2,2H3;;;;;;;. The molecule has 0 heterocycles. The zero-order chi connectivity index (χ0) is 2.00. The van der Waals surface area contributed by atoms with E-state index in [9.17, 15) is 0 Å². The van der Waals surface area contributed by atoms with Gasteiger partial charge in [0.2, 0.25) is 0 Å². The Labute approximate surface area is 81.1 Å². The predicted octanol–water partition coefficient (Wildman–Crippen LogP) is -3.94. The summed E-state index contributed by atoms with van der Waals surface area (Å²) in [6.45, 7) is 0. The Bertz CT molecular complexity index is 11.6. The van der Waals surface area contributed by atoms with Gasteiger partial charge in [-0.25, -0.2) is 0 Å². The maximum Gasteiger partial charge on any atom is 0 e. The molecule has 24 valence electrons. The summed E-state index contributed by atoms with van der Waals surface area (Å²) in [6.07, 6.45) is 0. The molecule has 0 nitrogen and oxygen atoms in total. The Kier molecular flexibility index (Phi) is 171. The molecule has 0 radical (unpaired) electrons. The van der Waals surface area contributed by atoms with Crippen LogP contribution in [0.15, 0.2) is 0 Å². The summed E-state index contributed by atoms with van der Waals surface area (Å²) in [7, 11) is 3.44. The van der Waals surface area contributed by atoms with Gasteiger partial charge in [0.25, 0.3) is 0 Å². The van der Waals surface area contributed by atoms with E-state index in [0.29, 0.717) is 0 Å². The predicted molar refractivity (Wildman–Crippen MR) is 35.6 cm³/mol. The van der Waals surface area contributed by atoms with Gasteiger partial charge >= 0.3 is 45.1 Å². The quantitative estimate of drug-likeness (QED) is 0.398. The van der Waals surface area contributed by atoms with E-state index < -0.39 is 0 Å². The molecule has 0 N–H and O–H groups in total. The molecule has 0 atom stereocenters. The summed E-state index contributed by atoms with van der Waals surface area (Å²) < 4.78 is 0. The fraction of sp³-hybridized carbons (Fsp3) is 0. The molecule has 0 aromatic carbocycles. The number of hydrogen-bond acceptors (Lipinski definition) is 0. The van der Waals surface area contributed by atoms with Crippen LogP contribution in [-0.4, -0.2) is 62.6 Å². The summed E-state index contributed by atoms with van der Waals surface area (Å²) in [5.74, 6) is 0. The molecule has 0 aromatic rings. The molecule has 0 saturated heterocycles. The fourth-order valence-corrected chi connectivity index (χ4v) is 0. The van der Waals surface area contributed by atoms with Gasteiger partial charge in [0.15, 0.2) is 0 Å². The third-order valence-corrected chi connectivity index (χ3v) is 0. The average Bonchev–Trinajstić information content (AvgIpc) is 1.00. The second kappa shape index (κ2) is 32.5. The monoisotopic (exact) mass is 328 g/mol. The second-order valence-electron chi connectivity index (χ2n) is 0. The van der Waals surface area contributed by atoms with E-state index in [4.69, 9.17) is 0 Å². The zero-order valence-corrected chi connectivity index (χ0v) is 13.9. The van der Waals surface area contributed by atoms with Crippen molar-refractivity contribution in [1.82, 2.24) is 0 Å². The molecule has 5 heteroatoms. The Morgan fingerprint density at radius 3 is 1.20 bits per heavy atom. The van der Waals surface area contributed by atoms with E-state index in [1.807, 2.05) is 0 Å². The minimum atomic E-state index is 0.